The first-order valence-corrected chi connectivity index (χ1v) is 16.4. The number of halogens is 3. The van der Waals surface area contributed by atoms with Crippen molar-refractivity contribution in [1.82, 2.24) is 24.3 Å². The molecular formula is C33H40F3N7S. The van der Waals surface area contributed by atoms with Crippen LogP contribution in [0.15, 0.2) is 30.6 Å². The summed E-state index contributed by atoms with van der Waals surface area (Å²) in [6.07, 6.45) is -0.657. The van der Waals surface area contributed by atoms with Gasteiger partial charge in [-0.1, -0.05) is 19.9 Å². The Balaban J connectivity index is 1.08. The van der Waals surface area contributed by atoms with Gasteiger partial charge in [0.15, 0.2) is 0 Å². The lowest BCUT2D eigenvalue weighted by Gasteiger charge is -2.35. The zero-order valence-corrected chi connectivity index (χ0v) is 26.4. The SMILES string of the molecule is Cc1c(CN2CCC(Nc3ncnc4sc(CC(F)(F)F)cc34)CC2)ccc2c1cc(C#N)n2CCN1C[C@@H](C)C[C@H](C)C1. The number of fused-ring (bicyclic) bond motifs is 2. The minimum Gasteiger partial charge on any atom is -0.367 e. The third kappa shape index (κ3) is 6.87. The molecule has 0 unspecified atom stereocenters. The number of hydrogen-bond acceptors (Lipinski definition) is 7. The number of hydrogen-bond donors (Lipinski definition) is 1. The molecule has 6 rings (SSSR count). The Kier molecular flexibility index (Phi) is 8.86. The number of piperidine rings is 2. The van der Waals surface area contributed by atoms with E-state index < -0.39 is 12.6 Å². The van der Waals surface area contributed by atoms with Crippen molar-refractivity contribution in [2.24, 2.45) is 11.8 Å². The van der Waals surface area contributed by atoms with Gasteiger partial charge in [-0.05, 0) is 67.3 Å². The Morgan fingerprint density at radius 3 is 2.48 bits per heavy atom. The van der Waals surface area contributed by atoms with Crippen molar-refractivity contribution in [3.05, 3.63) is 52.3 Å². The van der Waals surface area contributed by atoms with Crippen molar-refractivity contribution in [1.29, 1.82) is 5.26 Å². The molecule has 0 spiro atoms. The van der Waals surface area contributed by atoms with Crippen LogP contribution in [0.3, 0.4) is 0 Å². The summed E-state index contributed by atoms with van der Waals surface area (Å²) in [6.45, 7) is 13.5. The number of thiophene rings is 1. The van der Waals surface area contributed by atoms with Gasteiger partial charge >= 0.3 is 6.18 Å². The first-order chi connectivity index (χ1) is 21.1. The first-order valence-electron chi connectivity index (χ1n) is 15.6. The van der Waals surface area contributed by atoms with Crippen molar-refractivity contribution in [3.63, 3.8) is 0 Å². The molecule has 11 heteroatoms. The molecule has 2 aliphatic rings. The number of likely N-dealkylation sites (tertiary alicyclic amines) is 2. The van der Waals surface area contributed by atoms with Gasteiger partial charge in [-0.2, -0.15) is 18.4 Å². The third-order valence-electron chi connectivity index (χ3n) is 9.24. The smallest absolute Gasteiger partial charge is 0.367 e. The highest BCUT2D eigenvalue weighted by Crippen LogP contribution is 2.33. The Bertz CT molecular complexity index is 1650. The number of anilines is 1. The molecule has 4 aromatic rings. The monoisotopic (exact) mass is 623 g/mol. The van der Waals surface area contributed by atoms with Crippen molar-refractivity contribution in [2.75, 3.05) is 38.0 Å². The van der Waals surface area contributed by atoms with E-state index >= 15 is 0 Å². The van der Waals surface area contributed by atoms with E-state index in [-0.39, 0.29) is 10.9 Å². The number of rotatable bonds is 8. The summed E-state index contributed by atoms with van der Waals surface area (Å²) in [7, 11) is 0. The molecule has 2 fully saturated rings. The summed E-state index contributed by atoms with van der Waals surface area (Å²) in [5.41, 5.74) is 4.36. The predicted molar refractivity (Wildman–Crippen MR) is 170 cm³/mol. The quantitative estimate of drug-likeness (QED) is 0.228. The Morgan fingerprint density at radius 1 is 1.02 bits per heavy atom. The van der Waals surface area contributed by atoms with Gasteiger partial charge in [-0.3, -0.25) is 4.90 Å². The van der Waals surface area contributed by atoms with Crippen LogP contribution in [-0.4, -0.2) is 69.3 Å². The second-order valence-corrected chi connectivity index (χ2v) is 14.0. The van der Waals surface area contributed by atoms with Crippen LogP contribution in [0.25, 0.3) is 21.1 Å². The van der Waals surface area contributed by atoms with Crippen molar-refractivity contribution < 1.29 is 13.2 Å². The minimum absolute atomic E-state index is 0.192. The van der Waals surface area contributed by atoms with Gasteiger partial charge in [0.25, 0.3) is 0 Å². The van der Waals surface area contributed by atoms with Crippen LogP contribution in [0.4, 0.5) is 19.0 Å². The molecule has 0 saturated carbocycles. The molecule has 3 aromatic heterocycles. The summed E-state index contributed by atoms with van der Waals surface area (Å²) in [6, 6.07) is 10.7. The molecule has 1 aromatic carbocycles. The number of nitrogens with one attached hydrogen (secondary N) is 1. The molecule has 0 bridgehead atoms. The molecular weight excluding hydrogens is 583 g/mol. The second-order valence-electron chi connectivity index (χ2n) is 12.9. The van der Waals surface area contributed by atoms with Gasteiger partial charge in [0.2, 0.25) is 0 Å². The van der Waals surface area contributed by atoms with Gasteiger partial charge in [0.05, 0.1) is 11.8 Å². The highest BCUT2D eigenvalue weighted by Gasteiger charge is 2.29. The van der Waals surface area contributed by atoms with Gasteiger partial charge < -0.3 is 14.8 Å². The van der Waals surface area contributed by atoms with Crippen LogP contribution < -0.4 is 5.32 Å². The fourth-order valence-corrected chi connectivity index (χ4v) is 8.24. The van der Waals surface area contributed by atoms with E-state index in [2.05, 4.69) is 74.7 Å². The van der Waals surface area contributed by atoms with Crippen LogP contribution in [0.1, 0.15) is 54.8 Å². The second kappa shape index (κ2) is 12.7. The zero-order chi connectivity index (χ0) is 31.0. The minimum atomic E-state index is -4.25. The predicted octanol–water partition coefficient (Wildman–Crippen LogP) is 6.99. The molecule has 0 amide bonds. The third-order valence-corrected chi connectivity index (χ3v) is 10.3. The summed E-state index contributed by atoms with van der Waals surface area (Å²) in [5.74, 6) is 2.04. The standard InChI is InChI=1S/C33H40F3N7S/c1-21-12-22(2)18-42(17-21)10-11-43-26(16-37)13-28-23(3)24(4-5-30(28)43)19-41-8-6-25(7-9-41)40-31-29-14-27(15-33(34,35)36)44-32(29)39-20-38-31/h4-5,13-14,20-22,25H,6-12,15,17-19H2,1-3H3,(H,38,39,40)/t21-,22-/m0/s1. The lowest BCUT2D eigenvalue weighted by molar-refractivity contribution is -0.126. The Hall–Kier alpha value is -3.20. The van der Waals surface area contributed by atoms with Crippen molar-refractivity contribution in [3.8, 4) is 6.07 Å². The van der Waals surface area contributed by atoms with E-state index in [0.717, 1.165) is 86.6 Å². The average molecular weight is 624 g/mol. The molecule has 2 atom stereocenters. The maximum absolute atomic E-state index is 12.9. The van der Waals surface area contributed by atoms with Crippen molar-refractivity contribution in [2.45, 2.75) is 71.8 Å². The topological polar surface area (TPSA) is 73.0 Å². The normalized spacial score (nSPS) is 20.8. The van der Waals surface area contributed by atoms with Crippen molar-refractivity contribution >= 4 is 38.3 Å². The Labute approximate surface area is 260 Å². The van der Waals surface area contributed by atoms with Gasteiger partial charge in [-0.25, -0.2) is 9.97 Å². The molecule has 2 saturated heterocycles. The number of aryl methyl sites for hydroxylation is 1. The fraction of sp³-hybridized carbons (Fsp3) is 0.545. The average Bonchev–Trinajstić information content (AvgIpc) is 3.54. The maximum atomic E-state index is 12.9. The van der Waals surface area contributed by atoms with Crippen LogP contribution in [-0.2, 0) is 19.5 Å². The molecule has 5 heterocycles. The zero-order valence-electron chi connectivity index (χ0n) is 25.6. The van der Waals surface area contributed by atoms with E-state index in [1.54, 1.807) is 6.07 Å². The summed E-state index contributed by atoms with van der Waals surface area (Å²) in [5, 5.41) is 15.2. The largest absolute Gasteiger partial charge is 0.393 e. The molecule has 0 radical (unpaired) electrons. The summed E-state index contributed by atoms with van der Waals surface area (Å²) in [4.78, 5) is 14.4. The Morgan fingerprint density at radius 2 is 1.77 bits per heavy atom. The summed E-state index contributed by atoms with van der Waals surface area (Å²) < 4.78 is 41.0. The number of nitrogens with zero attached hydrogens (tertiary/aromatic N) is 6. The highest BCUT2D eigenvalue weighted by atomic mass is 32.1. The van der Waals surface area contributed by atoms with Gasteiger partial charge in [0, 0.05) is 67.6 Å². The number of benzene rings is 1. The number of alkyl halides is 3. The molecule has 7 nitrogen and oxygen atoms in total. The van der Waals surface area contributed by atoms with E-state index in [1.807, 2.05) is 0 Å². The number of nitriles is 1. The van der Waals surface area contributed by atoms with E-state index in [4.69, 9.17) is 0 Å². The lowest BCUT2D eigenvalue weighted by atomic mass is 9.92. The van der Waals surface area contributed by atoms with E-state index in [1.165, 1.54) is 23.9 Å². The molecule has 44 heavy (non-hydrogen) atoms. The van der Waals surface area contributed by atoms with Crippen LogP contribution in [0.5, 0.6) is 0 Å². The van der Waals surface area contributed by atoms with E-state index in [0.29, 0.717) is 27.9 Å². The van der Waals surface area contributed by atoms with Crippen LogP contribution in [0, 0.1) is 30.1 Å². The van der Waals surface area contributed by atoms with Gasteiger partial charge in [0.1, 0.15) is 28.7 Å². The first kappa shape index (κ1) is 30.8. The fourth-order valence-electron chi connectivity index (χ4n) is 7.22. The van der Waals surface area contributed by atoms with Gasteiger partial charge in [-0.15, -0.1) is 11.3 Å². The highest BCUT2D eigenvalue weighted by molar-refractivity contribution is 7.18. The molecule has 234 valence electrons. The maximum Gasteiger partial charge on any atom is 0.393 e. The van der Waals surface area contributed by atoms with Crippen LogP contribution >= 0.6 is 11.3 Å². The summed E-state index contributed by atoms with van der Waals surface area (Å²) >= 11 is 1.08. The van der Waals surface area contributed by atoms with E-state index in [9.17, 15) is 18.4 Å². The number of aromatic nitrogens is 3. The molecule has 0 aliphatic carbocycles. The molecule has 1 N–H and O–H groups in total. The van der Waals surface area contributed by atoms with Crippen LogP contribution in [0.2, 0.25) is 0 Å². The lowest BCUT2D eigenvalue weighted by Crippen LogP contribution is -2.40. The molecule has 2 aliphatic heterocycles.